The van der Waals surface area contributed by atoms with Crippen molar-refractivity contribution in [1.29, 1.82) is 0 Å². The summed E-state index contributed by atoms with van der Waals surface area (Å²) in [4.78, 5) is 4.81. The fourth-order valence-electron chi connectivity index (χ4n) is 4.30. The van der Waals surface area contributed by atoms with Crippen LogP contribution in [-0.4, -0.2) is 60.0 Å². The highest BCUT2D eigenvalue weighted by atomic mass is 35.5. The van der Waals surface area contributed by atoms with Crippen LogP contribution in [0.5, 0.6) is 11.5 Å². The van der Waals surface area contributed by atoms with Crippen LogP contribution >= 0.6 is 11.6 Å². The molecule has 6 heteroatoms. The predicted molar refractivity (Wildman–Crippen MR) is 97.3 cm³/mol. The lowest BCUT2D eigenvalue weighted by molar-refractivity contribution is -0.0144. The maximum Gasteiger partial charge on any atom is 0.231 e. The first-order valence-electron chi connectivity index (χ1n) is 9.43. The Labute approximate surface area is 154 Å². The lowest BCUT2D eigenvalue weighted by Gasteiger charge is -2.41. The Morgan fingerprint density at radius 2 is 1.76 bits per heavy atom. The highest BCUT2D eigenvalue weighted by Gasteiger charge is 2.32. The van der Waals surface area contributed by atoms with Crippen LogP contribution < -0.4 is 9.47 Å². The van der Waals surface area contributed by atoms with Gasteiger partial charge in [-0.3, -0.25) is 9.80 Å². The zero-order valence-corrected chi connectivity index (χ0v) is 15.4. The zero-order valence-electron chi connectivity index (χ0n) is 14.6. The molecule has 5 nitrogen and oxygen atoms in total. The second-order valence-electron chi connectivity index (χ2n) is 7.41. The predicted octanol–water partition coefficient (Wildman–Crippen LogP) is 2.88. The van der Waals surface area contributed by atoms with E-state index in [4.69, 9.17) is 21.1 Å². The number of rotatable bonds is 3. The van der Waals surface area contributed by atoms with E-state index < -0.39 is 0 Å². The Bertz CT molecular complexity index is 605. The van der Waals surface area contributed by atoms with Gasteiger partial charge in [0.05, 0.1) is 6.10 Å². The van der Waals surface area contributed by atoms with E-state index in [0.717, 1.165) is 43.9 Å². The number of hydrogen-bond donors (Lipinski definition) is 1. The number of nitrogens with zero attached hydrogens (tertiary/aromatic N) is 2. The molecule has 0 unspecified atom stereocenters. The highest BCUT2D eigenvalue weighted by molar-refractivity contribution is 6.31. The van der Waals surface area contributed by atoms with E-state index in [2.05, 4.69) is 9.80 Å². The standard InChI is InChI=1S/C19H27ClN2O3/c20-15-10-19-18(24-13-25-19)9-14(15)11-21-8-5-16(17(23)12-21)22-6-3-1-2-4-7-22/h9-10,16-17,23H,1-8,11-13H2/t16-,17-/m1/s1. The van der Waals surface area contributed by atoms with Gasteiger partial charge in [-0.1, -0.05) is 24.4 Å². The maximum absolute atomic E-state index is 10.7. The molecule has 3 aliphatic rings. The Kier molecular flexibility index (Phi) is 5.36. The van der Waals surface area contributed by atoms with Gasteiger partial charge >= 0.3 is 0 Å². The third kappa shape index (κ3) is 3.90. The smallest absolute Gasteiger partial charge is 0.231 e. The minimum absolute atomic E-state index is 0.259. The Morgan fingerprint density at radius 3 is 2.48 bits per heavy atom. The van der Waals surface area contributed by atoms with E-state index in [1.54, 1.807) is 0 Å². The van der Waals surface area contributed by atoms with Gasteiger partial charge in [0.2, 0.25) is 6.79 Å². The molecule has 0 spiro atoms. The van der Waals surface area contributed by atoms with Gasteiger partial charge in [0.15, 0.2) is 11.5 Å². The number of ether oxygens (including phenoxy) is 2. The highest BCUT2D eigenvalue weighted by Crippen LogP contribution is 2.37. The van der Waals surface area contributed by atoms with Gasteiger partial charge in [0, 0.05) is 36.8 Å². The Hall–Kier alpha value is -1.01. The molecule has 1 aromatic rings. The Morgan fingerprint density at radius 1 is 1.04 bits per heavy atom. The molecule has 4 rings (SSSR count). The summed E-state index contributed by atoms with van der Waals surface area (Å²) in [5, 5.41) is 11.4. The summed E-state index contributed by atoms with van der Waals surface area (Å²) >= 11 is 6.40. The van der Waals surface area contributed by atoms with Gasteiger partial charge in [0.25, 0.3) is 0 Å². The summed E-state index contributed by atoms with van der Waals surface area (Å²) in [6.45, 7) is 4.95. The Balaban J connectivity index is 1.38. The quantitative estimate of drug-likeness (QED) is 0.891. The monoisotopic (exact) mass is 366 g/mol. The molecule has 0 radical (unpaired) electrons. The van der Waals surface area contributed by atoms with Gasteiger partial charge < -0.3 is 14.6 Å². The molecule has 0 bridgehead atoms. The van der Waals surface area contributed by atoms with Gasteiger partial charge in [-0.05, 0) is 44.0 Å². The molecule has 0 amide bonds. The summed E-state index contributed by atoms with van der Waals surface area (Å²) in [6.07, 6.45) is 5.91. The average molecular weight is 367 g/mol. The molecular weight excluding hydrogens is 340 g/mol. The van der Waals surface area contributed by atoms with Crippen molar-refractivity contribution in [3.05, 3.63) is 22.7 Å². The minimum atomic E-state index is -0.292. The number of β-amino-alcohol motifs (C(OH)–C–C–N with tert-alkyl or cyclic N) is 1. The van der Waals surface area contributed by atoms with Crippen molar-refractivity contribution in [3.63, 3.8) is 0 Å². The number of aliphatic hydroxyl groups is 1. The van der Waals surface area contributed by atoms with Crippen molar-refractivity contribution >= 4 is 11.6 Å². The number of halogens is 1. The van der Waals surface area contributed by atoms with Crippen LogP contribution in [0.15, 0.2) is 12.1 Å². The first-order chi connectivity index (χ1) is 12.2. The van der Waals surface area contributed by atoms with Crippen molar-refractivity contribution in [2.75, 3.05) is 33.0 Å². The normalized spacial score (nSPS) is 28.1. The third-order valence-corrected chi connectivity index (χ3v) is 6.03. The molecule has 138 valence electrons. The van der Waals surface area contributed by atoms with Crippen LogP contribution in [0.4, 0.5) is 0 Å². The van der Waals surface area contributed by atoms with Gasteiger partial charge in [-0.25, -0.2) is 0 Å². The van der Waals surface area contributed by atoms with Crippen molar-refractivity contribution in [1.82, 2.24) is 9.80 Å². The topological polar surface area (TPSA) is 45.2 Å². The third-order valence-electron chi connectivity index (χ3n) is 5.68. The van der Waals surface area contributed by atoms with E-state index in [-0.39, 0.29) is 12.9 Å². The van der Waals surface area contributed by atoms with Crippen LogP contribution in [0.25, 0.3) is 0 Å². The largest absolute Gasteiger partial charge is 0.454 e. The number of benzene rings is 1. The van der Waals surface area contributed by atoms with Crippen LogP contribution in [-0.2, 0) is 6.54 Å². The summed E-state index contributed by atoms with van der Waals surface area (Å²) < 4.78 is 10.8. The van der Waals surface area contributed by atoms with E-state index in [1.165, 1.54) is 25.7 Å². The molecule has 2 fully saturated rings. The van der Waals surface area contributed by atoms with Crippen molar-refractivity contribution < 1.29 is 14.6 Å². The summed E-state index contributed by atoms with van der Waals surface area (Å²) in [5.41, 5.74) is 1.03. The maximum atomic E-state index is 10.7. The second-order valence-corrected chi connectivity index (χ2v) is 7.81. The van der Waals surface area contributed by atoms with Gasteiger partial charge in [-0.2, -0.15) is 0 Å². The lowest BCUT2D eigenvalue weighted by Crippen LogP contribution is -2.54. The molecular formula is C19H27ClN2O3. The van der Waals surface area contributed by atoms with Gasteiger partial charge in [0.1, 0.15) is 0 Å². The fraction of sp³-hybridized carbons (Fsp3) is 0.684. The molecule has 2 saturated heterocycles. The molecule has 1 aromatic carbocycles. The number of likely N-dealkylation sites (tertiary alicyclic amines) is 2. The van der Waals surface area contributed by atoms with Crippen LogP contribution in [0, 0.1) is 0 Å². The number of piperidine rings is 1. The van der Waals surface area contributed by atoms with Crippen molar-refractivity contribution in [3.8, 4) is 11.5 Å². The molecule has 0 aromatic heterocycles. The number of hydrogen-bond acceptors (Lipinski definition) is 5. The molecule has 0 saturated carbocycles. The SMILES string of the molecule is O[C@@H]1CN(Cc2cc3c(cc2Cl)OCO3)CC[C@H]1N1CCCCCC1. The van der Waals surface area contributed by atoms with E-state index >= 15 is 0 Å². The van der Waals surface area contributed by atoms with E-state index in [9.17, 15) is 5.11 Å². The fourth-order valence-corrected chi connectivity index (χ4v) is 4.52. The lowest BCUT2D eigenvalue weighted by atomic mass is 9.99. The molecule has 3 aliphatic heterocycles. The molecule has 25 heavy (non-hydrogen) atoms. The van der Waals surface area contributed by atoms with E-state index in [1.807, 2.05) is 12.1 Å². The van der Waals surface area contributed by atoms with Gasteiger partial charge in [-0.15, -0.1) is 0 Å². The molecule has 1 N–H and O–H groups in total. The summed E-state index contributed by atoms with van der Waals surface area (Å²) in [6, 6.07) is 4.11. The second kappa shape index (κ2) is 7.70. The minimum Gasteiger partial charge on any atom is -0.454 e. The summed E-state index contributed by atoms with van der Waals surface area (Å²) in [5.74, 6) is 1.48. The van der Waals surface area contributed by atoms with Crippen LogP contribution in [0.2, 0.25) is 5.02 Å². The van der Waals surface area contributed by atoms with Crippen molar-refractivity contribution in [2.24, 2.45) is 0 Å². The first kappa shape index (κ1) is 17.4. The molecule has 2 atom stereocenters. The summed E-state index contributed by atoms with van der Waals surface area (Å²) in [7, 11) is 0. The zero-order chi connectivity index (χ0) is 17.2. The average Bonchev–Trinajstić information content (AvgIpc) is 2.87. The van der Waals surface area contributed by atoms with Crippen molar-refractivity contribution in [2.45, 2.75) is 50.8 Å². The number of aliphatic hydroxyl groups excluding tert-OH is 1. The number of fused-ring (bicyclic) bond motifs is 1. The van der Waals surface area contributed by atoms with Crippen LogP contribution in [0.1, 0.15) is 37.7 Å². The van der Waals surface area contributed by atoms with Crippen LogP contribution in [0.3, 0.4) is 0 Å². The first-order valence-corrected chi connectivity index (χ1v) is 9.81. The molecule has 3 heterocycles. The van der Waals surface area contributed by atoms with E-state index in [0.29, 0.717) is 23.4 Å². The molecule has 0 aliphatic carbocycles.